The Balaban J connectivity index is 1.64. The van der Waals surface area contributed by atoms with Crippen molar-refractivity contribution in [2.45, 2.75) is 31.8 Å². The van der Waals surface area contributed by atoms with E-state index in [0.717, 1.165) is 50.6 Å². The maximum atomic E-state index is 5.89. The standard InChI is InChI=1S/C21H28N2O2/c1-2-6-21(23-18-15-22-13-14-24-16-18)17-9-11-20(12-10-17)25-19-7-4-3-5-8-19/h3-5,7-12,18,21-23H,2,6,13-16H2,1H3. The molecule has 2 N–H and O–H groups in total. The largest absolute Gasteiger partial charge is 0.457 e. The Morgan fingerprint density at radius 3 is 2.64 bits per heavy atom. The molecule has 0 spiro atoms. The maximum Gasteiger partial charge on any atom is 0.127 e. The van der Waals surface area contributed by atoms with Crippen molar-refractivity contribution in [3.8, 4) is 11.5 Å². The van der Waals surface area contributed by atoms with Gasteiger partial charge in [-0.05, 0) is 36.2 Å². The minimum absolute atomic E-state index is 0.337. The molecule has 1 fully saturated rings. The molecule has 2 aromatic rings. The van der Waals surface area contributed by atoms with E-state index in [4.69, 9.17) is 9.47 Å². The average Bonchev–Trinajstić information content (AvgIpc) is 2.92. The second-order valence-electron chi connectivity index (χ2n) is 6.47. The molecule has 4 nitrogen and oxygen atoms in total. The molecule has 1 aliphatic heterocycles. The van der Waals surface area contributed by atoms with E-state index < -0.39 is 0 Å². The van der Waals surface area contributed by atoms with E-state index in [-0.39, 0.29) is 0 Å². The zero-order valence-corrected chi connectivity index (χ0v) is 14.9. The summed E-state index contributed by atoms with van der Waals surface area (Å²) in [5.41, 5.74) is 1.30. The number of nitrogens with one attached hydrogen (secondary N) is 2. The Morgan fingerprint density at radius 2 is 1.88 bits per heavy atom. The highest BCUT2D eigenvalue weighted by Crippen LogP contribution is 2.25. The lowest BCUT2D eigenvalue weighted by Gasteiger charge is -2.25. The third-order valence-electron chi connectivity index (χ3n) is 4.41. The monoisotopic (exact) mass is 340 g/mol. The molecule has 3 rings (SSSR count). The Hall–Kier alpha value is -1.88. The summed E-state index contributed by atoms with van der Waals surface area (Å²) >= 11 is 0. The van der Waals surface area contributed by atoms with Gasteiger partial charge < -0.3 is 20.1 Å². The van der Waals surface area contributed by atoms with Gasteiger partial charge in [0.25, 0.3) is 0 Å². The van der Waals surface area contributed by atoms with Crippen LogP contribution in [0.3, 0.4) is 0 Å². The number of ether oxygens (including phenoxy) is 2. The first-order chi connectivity index (χ1) is 12.3. The molecule has 2 unspecified atom stereocenters. The summed E-state index contributed by atoms with van der Waals surface area (Å²) in [6, 6.07) is 19.0. The summed E-state index contributed by atoms with van der Waals surface area (Å²) in [6.45, 7) is 5.67. The number of para-hydroxylation sites is 1. The van der Waals surface area contributed by atoms with Crippen molar-refractivity contribution in [2.24, 2.45) is 0 Å². The van der Waals surface area contributed by atoms with Crippen molar-refractivity contribution in [3.05, 3.63) is 60.2 Å². The van der Waals surface area contributed by atoms with Gasteiger partial charge in [0, 0.05) is 25.2 Å². The van der Waals surface area contributed by atoms with Crippen LogP contribution in [0, 0.1) is 0 Å². The van der Waals surface area contributed by atoms with Crippen LogP contribution in [0.15, 0.2) is 54.6 Å². The van der Waals surface area contributed by atoms with Crippen molar-refractivity contribution in [3.63, 3.8) is 0 Å². The van der Waals surface area contributed by atoms with Gasteiger partial charge in [-0.1, -0.05) is 43.7 Å². The topological polar surface area (TPSA) is 42.5 Å². The highest BCUT2D eigenvalue weighted by atomic mass is 16.5. The zero-order valence-electron chi connectivity index (χ0n) is 14.9. The van der Waals surface area contributed by atoms with Crippen molar-refractivity contribution < 1.29 is 9.47 Å². The summed E-state index contributed by atoms with van der Waals surface area (Å²) in [5, 5.41) is 7.18. The molecule has 0 aromatic heterocycles. The van der Waals surface area contributed by atoms with Gasteiger partial charge in [0.1, 0.15) is 11.5 Å². The van der Waals surface area contributed by atoms with Gasteiger partial charge in [-0.15, -0.1) is 0 Å². The first-order valence-corrected chi connectivity index (χ1v) is 9.22. The fourth-order valence-corrected chi connectivity index (χ4v) is 3.12. The van der Waals surface area contributed by atoms with Gasteiger partial charge >= 0.3 is 0 Å². The van der Waals surface area contributed by atoms with Crippen LogP contribution >= 0.6 is 0 Å². The van der Waals surface area contributed by atoms with Crippen molar-refractivity contribution in [1.82, 2.24) is 10.6 Å². The summed E-state index contributed by atoms with van der Waals surface area (Å²) in [7, 11) is 0. The summed E-state index contributed by atoms with van der Waals surface area (Å²) in [6.07, 6.45) is 2.25. The predicted octanol–water partition coefficient (Wildman–Crippen LogP) is 3.90. The van der Waals surface area contributed by atoms with Crippen LogP contribution in [0.2, 0.25) is 0 Å². The van der Waals surface area contributed by atoms with E-state index in [1.54, 1.807) is 0 Å². The molecule has 0 aliphatic carbocycles. The van der Waals surface area contributed by atoms with E-state index in [1.807, 2.05) is 30.3 Å². The van der Waals surface area contributed by atoms with Crippen LogP contribution in [0.25, 0.3) is 0 Å². The quantitative estimate of drug-likeness (QED) is 0.802. The Morgan fingerprint density at radius 1 is 1.12 bits per heavy atom. The summed E-state index contributed by atoms with van der Waals surface area (Å²) in [4.78, 5) is 0. The predicted molar refractivity (Wildman–Crippen MR) is 101 cm³/mol. The number of hydrogen-bond acceptors (Lipinski definition) is 4. The molecular weight excluding hydrogens is 312 g/mol. The second-order valence-corrected chi connectivity index (χ2v) is 6.47. The third-order valence-corrected chi connectivity index (χ3v) is 4.41. The molecular formula is C21H28N2O2. The molecule has 134 valence electrons. The normalized spacial score (nSPS) is 19.2. The summed E-state index contributed by atoms with van der Waals surface area (Å²) < 4.78 is 11.6. The van der Waals surface area contributed by atoms with Crippen molar-refractivity contribution in [1.29, 1.82) is 0 Å². The maximum absolute atomic E-state index is 5.89. The second kappa shape index (κ2) is 9.56. The summed E-state index contributed by atoms with van der Waals surface area (Å²) in [5.74, 6) is 1.73. The molecule has 0 amide bonds. The Labute approximate surface area is 150 Å². The van der Waals surface area contributed by atoms with E-state index in [1.165, 1.54) is 5.56 Å². The van der Waals surface area contributed by atoms with Crippen LogP contribution in [0.4, 0.5) is 0 Å². The molecule has 2 atom stereocenters. The SMILES string of the molecule is CCCC(NC1CNCCOC1)c1ccc(Oc2ccccc2)cc1. The number of rotatable bonds is 7. The van der Waals surface area contributed by atoms with Gasteiger partial charge in [-0.2, -0.15) is 0 Å². The first-order valence-electron chi connectivity index (χ1n) is 9.22. The van der Waals surface area contributed by atoms with Crippen molar-refractivity contribution in [2.75, 3.05) is 26.3 Å². The average molecular weight is 340 g/mol. The van der Waals surface area contributed by atoms with Crippen LogP contribution in [0.1, 0.15) is 31.4 Å². The van der Waals surface area contributed by atoms with Crippen molar-refractivity contribution >= 4 is 0 Å². The van der Waals surface area contributed by atoms with Crippen LogP contribution in [-0.2, 0) is 4.74 Å². The minimum Gasteiger partial charge on any atom is -0.457 e. The lowest BCUT2D eigenvalue weighted by Crippen LogP contribution is -2.41. The molecule has 0 radical (unpaired) electrons. The third kappa shape index (κ3) is 5.56. The van der Waals surface area contributed by atoms with Crippen LogP contribution < -0.4 is 15.4 Å². The Kier molecular flexibility index (Phi) is 6.86. The molecule has 2 aromatic carbocycles. The highest BCUT2D eigenvalue weighted by Gasteiger charge is 2.18. The van der Waals surface area contributed by atoms with Gasteiger partial charge in [0.2, 0.25) is 0 Å². The smallest absolute Gasteiger partial charge is 0.127 e. The van der Waals surface area contributed by atoms with Gasteiger partial charge in [0.05, 0.1) is 13.2 Å². The zero-order chi connectivity index (χ0) is 17.3. The molecule has 4 heteroatoms. The van der Waals surface area contributed by atoms with Crippen LogP contribution in [0.5, 0.6) is 11.5 Å². The van der Waals surface area contributed by atoms with E-state index in [2.05, 4.69) is 41.8 Å². The lowest BCUT2D eigenvalue weighted by atomic mass is 10.0. The molecule has 1 saturated heterocycles. The molecule has 0 saturated carbocycles. The van der Waals surface area contributed by atoms with Gasteiger partial charge in [-0.25, -0.2) is 0 Å². The lowest BCUT2D eigenvalue weighted by molar-refractivity contribution is 0.129. The minimum atomic E-state index is 0.337. The Bertz CT molecular complexity index is 608. The molecule has 25 heavy (non-hydrogen) atoms. The van der Waals surface area contributed by atoms with E-state index in [0.29, 0.717) is 12.1 Å². The van der Waals surface area contributed by atoms with E-state index in [9.17, 15) is 0 Å². The van der Waals surface area contributed by atoms with Gasteiger partial charge in [0.15, 0.2) is 0 Å². The number of benzene rings is 2. The fourth-order valence-electron chi connectivity index (χ4n) is 3.12. The van der Waals surface area contributed by atoms with E-state index >= 15 is 0 Å². The van der Waals surface area contributed by atoms with Crippen LogP contribution in [-0.4, -0.2) is 32.3 Å². The molecule has 0 bridgehead atoms. The molecule has 1 aliphatic rings. The molecule has 1 heterocycles. The highest BCUT2D eigenvalue weighted by molar-refractivity contribution is 5.34. The van der Waals surface area contributed by atoms with Gasteiger partial charge in [-0.3, -0.25) is 0 Å². The number of hydrogen-bond donors (Lipinski definition) is 2. The first kappa shape index (κ1) is 17.9. The fraction of sp³-hybridized carbons (Fsp3) is 0.429.